The van der Waals surface area contributed by atoms with E-state index in [1.165, 1.54) is 6.42 Å². The Morgan fingerprint density at radius 3 is 2.60 bits per heavy atom. The second-order valence-electron chi connectivity index (χ2n) is 5.84. The van der Waals surface area contributed by atoms with Gasteiger partial charge in [0.05, 0.1) is 0 Å². The van der Waals surface area contributed by atoms with Crippen LogP contribution in [-0.4, -0.2) is 18.5 Å². The molecule has 0 spiro atoms. The molecule has 88 valence electrons. The fourth-order valence-corrected chi connectivity index (χ4v) is 2.25. The number of carbonyl (C=O) groups excluding carboxylic acids is 1. The van der Waals surface area contributed by atoms with E-state index in [1.54, 1.807) is 0 Å². The summed E-state index contributed by atoms with van der Waals surface area (Å²) >= 11 is 0. The van der Waals surface area contributed by atoms with Crippen LogP contribution < -0.4 is 11.1 Å². The summed E-state index contributed by atoms with van der Waals surface area (Å²) in [7, 11) is 0. The minimum atomic E-state index is 0.0703. The van der Waals surface area contributed by atoms with E-state index in [0.717, 1.165) is 12.8 Å². The Morgan fingerprint density at radius 1 is 1.40 bits per heavy atom. The average Bonchev–Trinajstić information content (AvgIpc) is 2.48. The van der Waals surface area contributed by atoms with Crippen LogP contribution in [0.1, 0.15) is 46.5 Å². The predicted molar refractivity (Wildman–Crippen MR) is 62.4 cm³/mol. The number of rotatable bonds is 3. The molecule has 1 fully saturated rings. The van der Waals surface area contributed by atoms with Crippen molar-refractivity contribution < 1.29 is 4.79 Å². The van der Waals surface area contributed by atoms with Crippen LogP contribution in [0.15, 0.2) is 0 Å². The Labute approximate surface area is 92.8 Å². The number of hydrogen-bond donors (Lipinski definition) is 2. The van der Waals surface area contributed by atoms with Crippen molar-refractivity contribution in [3.05, 3.63) is 0 Å². The number of amides is 1. The molecule has 0 saturated heterocycles. The smallest absolute Gasteiger partial charge is 0.220 e. The van der Waals surface area contributed by atoms with Crippen LogP contribution in [-0.2, 0) is 4.79 Å². The van der Waals surface area contributed by atoms with Crippen molar-refractivity contribution >= 4 is 5.91 Å². The zero-order valence-corrected chi connectivity index (χ0v) is 10.2. The summed E-state index contributed by atoms with van der Waals surface area (Å²) in [4.78, 5) is 11.7. The van der Waals surface area contributed by atoms with Crippen LogP contribution in [0.5, 0.6) is 0 Å². The minimum absolute atomic E-state index is 0.0703. The van der Waals surface area contributed by atoms with Crippen LogP contribution in [0.4, 0.5) is 0 Å². The second kappa shape index (κ2) is 4.97. The molecular weight excluding hydrogens is 188 g/mol. The molecule has 1 rings (SSSR count). The Balaban J connectivity index is 2.37. The minimum Gasteiger partial charge on any atom is -0.353 e. The number of nitrogens with one attached hydrogen (secondary N) is 1. The lowest BCUT2D eigenvalue weighted by molar-refractivity contribution is -0.123. The van der Waals surface area contributed by atoms with E-state index in [9.17, 15) is 4.79 Å². The highest BCUT2D eigenvalue weighted by molar-refractivity contribution is 5.76. The standard InChI is InChI=1S/C12H24N2O/c1-12(2,3)7-11(15)14-10-6-4-5-9(10)8-13/h9-10H,4-8,13H2,1-3H3,(H,14,15). The highest BCUT2D eigenvalue weighted by Gasteiger charge is 2.28. The van der Waals surface area contributed by atoms with Crippen LogP contribution >= 0.6 is 0 Å². The Kier molecular flexibility index (Phi) is 4.14. The van der Waals surface area contributed by atoms with E-state index >= 15 is 0 Å². The monoisotopic (exact) mass is 212 g/mol. The molecule has 2 atom stereocenters. The van der Waals surface area contributed by atoms with Gasteiger partial charge in [0.15, 0.2) is 0 Å². The summed E-state index contributed by atoms with van der Waals surface area (Å²) in [6.45, 7) is 6.95. The van der Waals surface area contributed by atoms with Gasteiger partial charge in [-0.2, -0.15) is 0 Å². The third kappa shape index (κ3) is 4.20. The van der Waals surface area contributed by atoms with E-state index < -0.39 is 0 Å². The molecule has 1 aliphatic rings. The van der Waals surface area contributed by atoms with Crippen molar-refractivity contribution in [3.8, 4) is 0 Å². The van der Waals surface area contributed by atoms with Crippen molar-refractivity contribution in [1.82, 2.24) is 5.32 Å². The van der Waals surface area contributed by atoms with Gasteiger partial charge in [-0.1, -0.05) is 27.2 Å². The first-order valence-electron chi connectivity index (χ1n) is 5.92. The molecule has 2 unspecified atom stereocenters. The molecule has 0 aromatic heterocycles. The van der Waals surface area contributed by atoms with Crippen LogP contribution in [0.2, 0.25) is 0 Å². The normalized spacial score (nSPS) is 26.7. The zero-order valence-electron chi connectivity index (χ0n) is 10.2. The lowest BCUT2D eigenvalue weighted by Gasteiger charge is -2.23. The van der Waals surface area contributed by atoms with Gasteiger partial charge >= 0.3 is 0 Å². The number of hydrogen-bond acceptors (Lipinski definition) is 2. The summed E-state index contributed by atoms with van der Waals surface area (Å²) in [6.07, 6.45) is 4.05. The molecule has 0 aromatic rings. The van der Waals surface area contributed by atoms with Gasteiger partial charge in [-0.05, 0) is 30.7 Å². The van der Waals surface area contributed by atoms with Gasteiger partial charge in [0.1, 0.15) is 0 Å². The Hall–Kier alpha value is -0.570. The molecule has 3 heteroatoms. The largest absolute Gasteiger partial charge is 0.353 e. The lowest BCUT2D eigenvalue weighted by Crippen LogP contribution is -2.41. The summed E-state index contributed by atoms with van der Waals surface area (Å²) < 4.78 is 0. The van der Waals surface area contributed by atoms with Crippen molar-refractivity contribution in [2.75, 3.05) is 6.54 Å². The average molecular weight is 212 g/mol. The highest BCUT2D eigenvalue weighted by Crippen LogP contribution is 2.25. The van der Waals surface area contributed by atoms with E-state index in [4.69, 9.17) is 5.73 Å². The SMILES string of the molecule is CC(C)(C)CC(=O)NC1CCCC1CN. The molecule has 15 heavy (non-hydrogen) atoms. The van der Waals surface area contributed by atoms with Gasteiger partial charge in [-0.15, -0.1) is 0 Å². The quantitative estimate of drug-likeness (QED) is 0.747. The summed E-state index contributed by atoms with van der Waals surface area (Å²) in [5, 5.41) is 3.12. The second-order valence-corrected chi connectivity index (χ2v) is 5.84. The molecular formula is C12H24N2O. The van der Waals surface area contributed by atoms with E-state index in [0.29, 0.717) is 24.9 Å². The fourth-order valence-electron chi connectivity index (χ4n) is 2.25. The van der Waals surface area contributed by atoms with Crippen LogP contribution in [0.25, 0.3) is 0 Å². The van der Waals surface area contributed by atoms with Crippen molar-refractivity contribution in [2.45, 2.75) is 52.5 Å². The van der Waals surface area contributed by atoms with Crippen LogP contribution in [0.3, 0.4) is 0 Å². The molecule has 0 aromatic carbocycles. The third-order valence-corrected chi connectivity index (χ3v) is 3.00. The topological polar surface area (TPSA) is 55.1 Å². The predicted octanol–water partition coefficient (Wildman–Crippen LogP) is 1.67. The summed E-state index contributed by atoms with van der Waals surface area (Å²) in [5.41, 5.74) is 5.75. The molecule has 0 aliphatic heterocycles. The first kappa shape index (κ1) is 12.5. The first-order chi connectivity index (χ1) is 6.92. The first-order valence-corrected chi connectivity index (χ1v) is 5.92. The van der Waals surface area contributed by atoms with E-state index in [1.807, 2.05) is 0 Å². The molecule has 0 radical (unpaired) electrons. The Morgan fingerprint density at radius 2 is 2.07 bits per heavy atom. The van der Waals surface area contributed by atoms with Gasteiger partial charge in [-0.25, -0.2) is 0 Å². The van der Waals surface area contributed by atoms with Gasteiger partial charge < -0.3 is 11.1 Å². The Bertz CT molecular complexity index is 220. The molecule has 3 N–H and O–H groups in total. The maximum Gasteiger partial charge on any atom is 0.220 e. The van der Waals surface area contributed by atoms with E-state index in [2.05, 4.69) is 26.1 Å². The maximum absolute atomic E-state index is 11.7. The van der Waals surface area contributed by atoms with Gasteiger partial charge in [0.2, 0.25) is 5.91 Å². The van der Waals surface area contributed by atoms with Gasteiger partial charge in [-0.3, -0.25) is 4.79 Å². The molecule has 1 amide bonds. The van der Waals surface area contributed by atoms with Crippen LogP contribution in [0, 0.1) is 11.3 Å². The van der Waals surface area contributed by atoms with Crippen molar-refractivity contribution in [1.29, 1.82) is 0 Å². The van der Waals surface area contributed by atoms with Gasteiger partial charge in [0.25, 0.3) is 0 Å². The van der Waals surface area contributed by atoms with Crippen molar-refractivity contribution in [3.63, 3.8) is 0 Å². The highest BCUT2D eigenvalue weighted by atomic mass is 16.1. The van der Waals surface area contributed by atoms with E-state index in [-0.39, 0.29) is 11.3 Å². The molecule has 0 bridgehead atoms. The maximum atomic E-state index is 11.7. The van der Waals surface area contributed by atoms with Crippen molar-refractivity contribution in [2.24, 2.45) is 17.1 Å². The summed E-state index contributed by atoms with van der Waals surface area (Å²) in [5.74, 6) is 0.668. The molecule has 3 nitrogen and oxygen atoms in total. The lowest BCUT2D eigenvalue weighted by atomic mass is 9.91. The number of nitrogens with two attached hydrogens (primary N) is 1. The fraction of sp³-hybridized carbons (Fsp3) is 0.917. The summed E-state index contributed by atoms with van der Waals surface area (Å²) in [6, 6.07) is 0.324. The molecule has 1 aliphatic carbocycles. The third-order valence-electron chi connectivity index (χ3n) is 3.00. The molecule has 1 saturated carbocycles. The molecule has 0 heterocycles. The zero-order chi connectivity index (χ0) is 11.5. The van der Waals surface area contributed by atoms with Gasteiger partial charge in [0, 0.05) is 12.5 Å². The number of carbonyl (C=O) groups is 1.